The highest BCUT2D eigenvalue weighted by Crippen LogP contribution is 2.34. The Labute approximate surface area is 51.2 Å². The van der Waals surface area contributed by atoms with Gasteiger partial charge in [-0.1, -0.05) is 6.08 Å². The van der Waals surface area contributed by atoms with Gasteiger partial charge in [0.2, 0.25) is 0 Å². The minimum Gasteiger partial charge on any atom is -0.329 e. The molecule has 3 nitrogen and oxygen atoms in total. The van der Waals surface area contributed by atoms with E-state index in [0.29, 0.717) is 0 Å². The minimum absolute atomic E-state index is 0.164. The van der Waals surface area contributed by atoms with Crippen molar-refractivity contribution in [1.82, 2.24) is 0 Å². The molecule has 48 valence electrons. The van der Waals surface area contributed by atoms with Gasteiger partial charge in [0.15, 0.2) is 0 Å². The maximum absolute atomic E-state index is 10.3. The summed E-state index contributed by atoms with van der Waals surface area (Å²) in [4.78, 5) is 8.50. The van der Waals surface area contributed by atoms with Crippen LogP contribution in [0.25, 0.3) is 0 Å². The van der Waals surface area contributed by atoms with Gasteiger partial charge in [0.05, 0.1) is 6.61 Å². The van der Waals surface area contributed by atoms with E-state index in [0.717, 1.165) is 0 Å². The van der Waals surface area contributed by atoms with E-state index in [1.807, 2.05) is 0 Å². The van der Waals surface area contributed by atoms with Gasteiger partial charge in [-0.3, -0.25) is 4.57 Å². The number of hydrogen-bond donors (Lipinski definition) is 1. The summed E-state index contributed by atoms with van der Waals surface area (Å²) in [7, 11) is -2.93. The summed E-state index contributed by atoms with van der Waals surface area (Å²) in [5.74, 6) is 0. The molecule has 0 amide bonds. The molecule has 0 heterocycles. The fourth-order valence-corrected chi connectivity index (χ4v) is 1.02. The first kappa shape index (κ1) is 8.11. The molecular weight excluding hydrogens is 143 g/mol. The van der Waals surface area contributed by atoms with E-state index < -0.39 is 7.14 Å². The van der Waals surface area contributed by atoms with Crippen LogP contribution in [0.15, 0.2) is 12.7 Å². The summed E-state index contributed by atoms with van der Waals surface area (Å²) in [6, 6.07) is 0. The molecule has 1 atom stereocenters. The molecule has 0 saturated carbocycles. The zero-order valence-corrected chi connectivity index (χ0v) is 7.60. The Morgan fingerprint density at radius 1 is 2.00 bits per heavy atom. The van der Waals surface area contributed by atoms with Crippen molar-refractivity contribution >= 4 is 17.1 Å². The second-order valence-corrected chi connectivity index (χ2v) is 6.64. The lowest BCUT2D eigenvalue weighted by molar-refractivity contribution is 0.304. The Hall–Kier alpha value is 0.107. The van der Waals surface area contributed by atoms with E-state index in [9.17, 15) is 4.57 Å². The summed E-state index contributed by atoms with van der Waals surface area (Å²) >= 11 is 0. The van der Waals surface area contributed by atoms with Crippen molar-refractivity contribution in [2.24, 2.45) is 0 Å². The Morgan fingerprint density at radius 2 is 2.50 bits per heavy atom. The van der Waals surface area contributed by atoms with Crippen LogP contribution in [0, 0.1) is 0 Å². The van der Waals surface area contributed by atoms with Crippen LogP contribution in [0.2, 0.25) is 0 Å². The molecule has 0 rings (SSSR count). The van der Waals surface area contributed by atoms with Crippen molar-refractivity contribution in [2.45, 2.75) is 0 Å². The summed E-state index contributed by atoms with van der Waals surface area (Å²) in [6.07, 6.45) is 1.45. The Morgan fingerprint density at radius 3 is 2.62 bits per heavy atom. The van der Waals surface area contributed by atoms with Crippen LogP contribution in [-0.2, 0) is 9.09 Å². The standard InChI is InChI=1S/C3H9O3PSi/c1-2-3-6-7(4,5)8/h2H,1,3H2,8H3,(H,4,5). The minimum atomic E-state index is -3.11. The van der Waals surface area contributed by atoms with Crippen LogP contribution < -0.4 is 0 Å². The fraction of sp³-hybridized carbons (Fsp3) is 0.333. The fourth-order valence-electron chi connectivity index (χ4n) is 0.191. The second-order valence-electron chi connectivity index (χ2n) is 1.39. The molecule has 0 radical (unpaired) electrons. The highest BCUT2D eigenvalue weighted by Gasteiger charge is 2.05. The molecule has 5 heteroatoms. The van der Waals surface area contributed by atoms with Crippen LogP contribution >= 0.6 is 7.14 Å². The van der Waals surface area contributed by atoms with Gasteiger partial charge in [0, 0.05) is 0 Å². The third-order valence-corrected chi connectivity index (χ3v) is 1.83. The molecule has 0 spiro atoms. The molecule has 1 unspecified atom stereocenters. The van der Waals surface area contributed by atoms with Gasteiger partial charge >= 0.3 is 0 Å². The maximum Gasteiger partial charge on any atom is 0.284 e. The zero-order chi connectivity index (χ0) is 6.62. The van der Waals surface area contributed by atoms with E-state index in [-0.39, 0.29) is 16.5 Å². The average Bonchev–Trinajstić information content (AvgIpc) is 1.59. The molecule has 0 aromatic carbocycles. The Balaban J connectivity index is 3.40. The molecule has 0 bridgehead atoms. The van der Waals surface area contributed by atoms with Gasteiger partial charge in [0.25, 0.3) is 7.14 Å². The molecule has 0 aromatic heterocycles. The van der Waals surface area contributed by atoms with E-state index in [1.54, 1.807) is 0 Å². The van der Waals surface area contributed by atoms with Crippen molar-refractivity contribution in [1.29, 1.82) is 0 Å². The smallest absolute Gasteiger partial charge is 0.284 e. The van der Waals surface area contributed by atoms with Gasteiger partial charge in [-0.05, 0) is 0 Å². The first-order chi connectivity index (χ1) is 3.56. The molecule has 0 aliphatic carbocycles. The van der Waals surface area contributed by atoms with Crippen molar-refractivity contribution in [2.75, 3.05) is 6.61 Å². The van der Waals surface area contributed by atoms with Gasteiger partial charge in [0.1, 0.15) is 9.91 Å². The zero-order valence-electron chi connectivity index (χ0n) is 4.70. The van der Waals surface area contributed by atoms with E-state index in [4.69, 9.17) is 4.89 Å². The van der Waals surface area contributed by atoms with Crippen LogP contribution in [0.4, 0.5) is 0 Å². The monoisotopic (exact) mass is 152 g/mol. The molecule has 0 aliphatic rings. The average molecular weight is 152 g/mol. The second kappa shape index (κ2) is 3.20. The van der Waals surface area contributed by atoms with Crippen LogP contribution in [0.3, 0.4) is 0 Å². The van der Waals surface area contributed by atoms with Crippen LogP contribution in [0.5, 0.6) is 0 Å². The third-order valence-electron chi connectivity index (χ3n) is 0.432. The highest BCUT2D eigenvalue weighted by atomic mass is 31.4. The summed E-state index contributed by atoms with van der Waals surface area (Å²) < 4.78 is 14.8. The lowest BCUT2D eigenvalue weighted by Crippen LogP contribution is -1.86. The quantitative estimate of drug-likeness (QED) is 0.342. The third kappa shape index (κ3) is 6.11. The first-order valence-corrected chi connectivity index (χ1v) is 6.83. The summed E-state index contributed by atoms with van der Waals surface area (Å²) in [6.45, 7) is 3.49. The first-order valence-electron chi connectivity index (χ1n) is 2.12. The normalized spacial score (nSPS) is 17.6. The molecule has 1 N–H and O–H groups in total. The maximum atomic E-state index is 10.3. The summed E-state index contributed by atoms with van der Waals surface area (Å²) in [5, 5.41) is 0. The molecular formula is C3H9O3PSi. The highest BCUT2D eigenvalue weighted by molar-refractivity contribution is 7.78. The largest absolute Gasteiger partial charge is 0.329 e. The molecule has 0 aliphatic heterocycles. The predicted molar refractivity (Wildman–Crippen MR) is 35.9 cm³/mol. The topological polar surface area (TPSA) is 46.5 Å². The SMILES string of the molecule is C=CCOP(=O)(O)[SiH3]. The molecule has 0 saturated heterocycles. The lowest BCUT2D eigenvalue weighted by Gasteiger charge is -2.02. The Kier molecular flexibility index (Phi) is 3.24. The van der Waals surface area contributed by atoms with E-state index in [2.05, 4.69) is 11.1 Å². The number of rotatable bonds is 3. The van der Waals surface area contributed by atoms with Crippen molar-refractivity contribution in [3.8, 4) is 0 Å². The van der Waals surface area contributed by atoms with Crippen LogP contribution in [-0.4, -0.2) is 21.4 Å². The van der Waals surface area contributed by atoms with Gasteiger partial charge in [-0.15, -0.1) is 6.58 Å². The van der Waals surface area contributed by atoms with Crippen molar-refractivity contribution in [3.63, 3.8) is 0 Å². The van der Waals surface area contributed by atoms with E-state index >= 15 is 0 Å². The van der Waals surface area contributed by atoms with E-state index in [1.165, 1.54) is 6.08 Å². The Bertz CT molecular complexity index is 118. The molecule has 0 fully saturated rings. The van der Waals surface area contributed by atoms with Gasteiger partial charge < -0.3 is 9.42 Å². The molecule has 8 heavy (non-hydrogen) atoms. The van der Waals surface area contributed by atoms with Gasteiger partial charge in [-0.25, -0.2) is 0 Å². The predicted octanol–water partition coefficient (Wildman–Crippen LogP) is -0.345. The van der Waals surface area contributed by atoms with Crippen molar-refractivity contribution < 1.29 is 14.0 Å². The molecule has 0 aromatic rings. The van der Waals surface area contributed by atoms with Gasteiger partial charge in [-0.2, -0.15) is 0 Å². The van der Waals surface area contributed by atoms with Crippen molar-refractivity contribution in [3.05, 3.63) is 12.7 Å². The number of hydrogen-bond acceptors (Lipinski definition) is 2. The lowest BCUT2D eigenvalue weighted by atomic mass is 10.7. The summed E-state index contributed by atoms with van der Waals surface area (Å²) in [5.41, 5.74) is 0. The van der Waals surface area contributed by atoms with Crippen LogP contribution in [0.1, 0.15) is 0 Å².